The second-order valence-electron chi connectivity index (χ2n) is 7.57. The Kier molecular flexibility index (Phi) is 6.72. The molecule has 4 amide bonds. The van der Waals surface area contributed by atoms with Crippen molar-refractivity contribution in [3.63, 3.8) is 0 Å². The molecule has 1 aliphatic rings. The first-order chi connectivity index (χ1) is 14.4. The molecule has 1 unspecified atom stereocenters. The summed E-state index contributed by atoms with van der Waals surface area (Å²) in [6.07, 6.45) is 0.780. The Morgan fingerprint density at radius 3 is 2.67 bits per heavy atom. The van der Waals surface area contributed by atoms with Gasteiger partial charge in [0.15, 0.2) is 0 Å². The number of carbonyl (C=O) groups excluding carboxylic acids is 3. The predicted molar refractivity (Wildman–Crippen MR) is 118 cm³/mol. The van der Waals surface area contributed by atoms with Crippen LogP contribution in [0.15, 0.2) is 42.5 Å². The van der Waals surface area contributed by atoms with Gasteiger partial charge in [0.2, 0.25) is 5.91 Å². The summed E-state index contributed by atoms with van der Waals surface area (Å²) >= 11 is 0. The summed E-state index contributed by atoms with van der Waals surface area (Å²) < 4.78 is 0. The molecule has 0 aromatic heterocycles. The van der Waals surface area contributed by atoms with Crippen molar-refractivity contribution in [1.29, 1.82) is 0 Å². The molecule has 0 radical (unpaired) electrons. The van der Waals surface area contributed by atoms with Crippen molar-refractivity contribution >= 4 is 29.2 Å². The summed E-state index contributed by atoms with van der Waals surface area (Å²) in [6.45, 7) is 7.35. The number of rotatable bonds is 7. The van der Waals surface area contributed by atoms with E-state index in [0.29, 0.717) is 25.2 Å². The lowest BCUT2D eigenvalue weighted by molar-refractivity contribution is -0.119. The van der Waals surface area contributed by atoms with Crippen LogP contribution in [-0.4, -0.2) is 30.9 Å². The summed E-state index contributed by atoms with van der Waals surface area (Å²) in [4.78, 5) is 38.2. The first kappa shape index (κ1) is 21.4. The molecule has 3 rings (SSSR count). The van der Waals surface area contributed by atoms with E-state index in [1.54, 1.807) is 23.1 Å². The maximum absolute atomic E-state index is 12.6. The molecule has 2 aromatic carbocycles. The zero-order valence-electron chi connectivity index (χ0n) is 17.6. The van der Waals surface area contributed by atoms with Crippen LogP contribution in [0.5, 0.6) is 0 Å². The summed E-state index contributed by atoms with van der Waals surface area (Å²) in [7, 11) is 0. The van der Waals surface area contributed by atoms with Crippen LogP contribution in [0.25, 0.3) is 0 Å². The molecule has 0 saturated carbocycles. The number of hydrogen-bond acceptors (Lipinski definition) is 3. The topological polar surface area (TPSA) is 90.5 Å². The van der Waals surface area contributed by atoms with E-state index < -0.39 is 0 Å². The summed E-state index contributed by atoms with van der Waals surface area (Å²) in [6, 6.07) is 12.7. The lowest BCUT2D eigenvalue weighted by Crippen LogP contribution is -2.28. The van der Waals surface area contributed by atoms with Crippen molar-refractivity contribution in [2.75, 3.05) is 23.3 Å². The van der Waals surface area contributed by atoms with E-state index in [4.69, 9.17) is 0 Å². The van der Waals surface area contributed by atoms with Gasteiger partial charge in [-0.1, -0.05) is 26.0 Å². The van der Waals surface area contributed by atoms with E-state index in [1.165, 1.54) is 0 Å². The number of aryl methyl sites for hydroxylation is 1. The fourth-order valence-electron chi connectivity index (χ4n) is 3.30. The van der Waals surface area contributed by atoms with Crippen LogP contribution in [-0.2, 0) is 11.3 Å². The second kappa shape index (κ2) is 9.43. The van der Waals surface area contributed by atoms with Crippen LogP contribution in [0.2, 0.25) is 0 Å². The van der Waals surface area contributed by atoms with Gasteiger partial charge in [-0.25, -0.2) is 4.79 Å². The highest BCUT2D eigenvalue weighted by Crippen LogP contribution is 2.23. The number of hydrogen-bond donors (Lipinski definition) is 3. The zero-order chi connectivity index (χ0) is 21.7. The molecule has 2 aromatic rings. The number of carbonyl (C=O) groups is 3. The van der Waals surface area contributed by atoms with Crippen molar-refractivity contribution < 1.29 is 14.4 Å². The van der Waals surface area contributed by atoms with Crippen LogP contribution in [0.4, 0.5) is 16.2 Å². The van der Waals surface area contributed by atoms with Gasteiger partial charge >= 0.3 is 6.03 Å². The van der Waals surface area contributed by atoms with E-state index in [-0.39, 0.29) is 23.8 Å². The van der Waals surface area contributed by atoms with Crippen LogP contribution in [0.1, 0.15) is 41.8 Å². The Bertz CT molecular complexity index is 957. The fraction of sp³-hybridized carbons (Fsp3) is 0.348. The van der Waals surface area contributed by atoms with Crippen LogP contribution >= 0.6 is 0 Å². The third-order valence-electron chi connectivity index (χ3n) is 5.31. The molecule has 158 valence electrons. The first-order valence-corrected chi connectivity index (χ1v) is 10.2. The van der Waals surface area contributed by atoms with Gasteiger partial charge in [0.25, 0.3) is 5.91 Å². The van der Waals surface area contributed by atoms with E-state index >= 15 is 0 Å². The highest BCUT2D eigenvalue weighted by Gasteiger charge is 2.23. The van der Waals surface area contributed by atoms with Gasteiger partial charge in [-0.3, -0.25) is 14.5 Å². The summed E-state index contributed by atoms with van der Waals surface area (Å²) in [5.74, 6) is -0.253. The maximum Gasteiger partial charge on any atom is 0.322 e. The SMILES string of the molecule is CCC(C)C(=O)Nc1cccc(CNC(=O)c2ccc(N3CCNC3=O)c(C)c2)c1. The molecule has 0 spiro atoms. The number of amides is 4. The molecule has 7 heteroatoms. The number of benzene rings is 2. The van der Waals surface area contributed by atoms with Crippen LogP contribution in [0, 0.1) is 12.8 Å². The first-order valence-electron chi connectivity index (χ1n) is 10.2. The minimum absolute atomic E-state index is 0.0130. The number of nitrogens with one attached hydrogen (secondary N) is 3. The average Bonchev–Trinajstić information content (AvgIpc) is 3.17. The van der Waals surface area contributed by atoms with E-state index in [9.17, 15) is 14.4 Å². The predicted octanol–water partition coefficient (Wildman–Crippen LogP) is 3.44. The second-order valence-corrected chi connectivity index (χ2v) is 7.57. The van der Waals surface area contributed by atoms with Gasteiger partial charge in [-0.15, -0.1) is 0 Å². The largest absolute Gasteiger partial charge is 0.348 e. The molecule has 7 nitrogen and oxygen atoms in total. The Morgan fingerprint density at radius 2 is 2.00 bits per heavy atom. The van der Waals surface area contributed by atoms with Gasteiger partial charge < -0.3 is 16.0 Å². The van der Waals surface area contributed by atoms with Gasteiger partial charge in [-0.2, -0.15) is 0 Å². The fourth-order valence-corrected chi connectivity index (χ4v) is 3.30. The minimum atomic E-state index is -0.190. The zero-order valence-corrected chi connectivity index (χ0v) is 17.6. The van der Waals surface area contributed by atoms with Gasteiger partial charge in [0.1, 0.15) is 0 Å². The Hall–Kier alpha value is -3.35. The molecule has 1 atom stereocenters. The van der Waals surface area contributed by atoms with Crippen LogP contribution in [0.3, 0.4) is 0 Å². The smallest absolute Gasteiger partial charge is 0.322 e. The molecule has 0 bridgehead atoms. The average molecular weight is 409 g/mol. The van der Waals surface area contributed by atoms with E-state index in [0.717, 1.165) is 28.9 Å². The Morgan fingerprint density at radius 1 is 1.20 bits per heavy atom. The third kappa shape index (κ3) is 4.97. The van der Waals surface area contributed by atoms with E-state index in [2.05, 4.69) is 16.0 Å². The lowest BCUT2D eigenvalue weighted by Gasteiger charge is -2.17. The molecule has 1 heterocycles. The maximum atomic E-state index is 12.6. The third-order valence-corrected chi connectivity index (χ3v) is 5.31. The quantitative estimate of drug-likeness (QED) is 0.655. The molecular formula is C23H28N4O3. The summed E-state index contributed by atoms with van der Waals surface area (Å²) in [5.41, 5.74) is 3.83. The van der Waals surface area contributed by atoms with Crippen molar-refractivity contribution in [1.82, 2.24) is 10.6 Å². The number of urea groups is 1. The molecule has 1 saturated heterocycles. The van der Waals surface area contributed by atoms with Gasteiger partial charge in [0, 0.05) is 42.5 Å². The minimum Gasteiger partial charge on any atom is -0.348 e. The van der Waals surface area contributed by atoms with Gasteiger partial charge in [-0.05, 0) is 54.8 Å². The summed E-state index contributed by atoms with van der Waals surface area (Å²) in [5, 5.41) is 8.60. The van der Waals surface area contributed by atoms with Crippen LogP contribution < -0.4 is 20.9 Å². The number of anilines is 2. The highest BCUT2D eigenvalue weighted by atomic mass is 16.2. The molecule has 0 aliphatic carbocycles. The Labute approximate surface area is 176 Å². The van der Waals surface area contributed by atoms with Crippen molar-refractivity contribution in [3.8, 4) is 0 Å². The van der Waals surface area contributed by atoms with Gasteiger partial charge in [0.05, 0.1) is 0 Å². The molecular weight excluding hydrogens is 380 g/mol. The highest BCUT2D eigenvalue weighted by molar-refractivity contribution is 5.98. The number of nitrogens with zero attached hydrogens (tertiary/aromatic N) is 1. The monoisotopic (exact) mass is 408 g/mol. The van der Waals surface area contributed by atoms with Crippen molar-refractivity contribution in [3.05, 3.63) is 59.2 Å². The van der Waals surface area contributed by atoms with Crippen molar-refractivity contribution in [2.45, 2.75) is 33.7 Å². The standard InChI is InChI=1S/C23H28N4O3/c1-4-15(2)21(28)26-19-7-5-6-17(13-19)14-25-22(29)18-8-9-20(16(3)12-18)27-11-10-24-23(27)30/h5-9,12-13,15H,4,10-11,14H2,1-3H3,(H,24,30)(H,25,29)(H,26,28). The molecule has 3 N–H and O–H groups in total. The Balaban J connectivity index is 1.62. The normalized spacial score (nSPS) is 14.2. The lowest BCUT2D eigenvalue weighted by atomic mass is 10.1. The molecule has 1 aliphatic heterocycles. The molecule has 1 fully saturated rings. The van der Waals surface area contributed by atoms with E-state index in [1.807, 2.05) is 45.0 Å². The van der Waals surface area contributed by atoms with Crippen molar-refractivity contribution in [2.24, 2.45) is 5.92 Å². The molecule has 30 heavy (non-hydrogen) atoms.